The number of aliphatic imine (C=N–C) groups is 1. The van der Waals surface area contributed by atoms with Crippen LogP contribution >= 0.6 is 24.0 Å². The molecule has 0 aliphatic carbocycles. The molecule has 0 fully saturated rings. The van der Waals surface area contributed by atoms with Gasteiger partial charge in [-0.05, 0) is 37.5 Å². The molecule has 1 atom stereocenters. The molecule has 2 aromatic carbocycles. The van der Waals surface area contributed by atoms with Gasteiger partial charge in [-0.2, -0.15) is 0 Å². The molecule has 2 aromatic rings. The van der Waals surface area contributed by atoms with E-state index in [0.29, 0.717) is 25.5 Å². The summed E-state index contributed by atoms with van der Waals surface area (Å²) in [7, 11) is -1.44. The number of ether oxygens (including phenoxy) is 1. The molecule has 0 aliphatic rings. The molecule has 0 saturated heterocycles. The molecule has 0 saturated carbocycles. The predicted octanol–water partition coefficient (Wildman–Crippen LogP) is 3.55. The number of hydrogen-bond donors (Lipinski definition) is 2. The van der Waals surface area contributed by atoms with Crippen LogP contribution in [0.1, 0.15) is 24.5 Å². The molecule has 0 spiro atoms. The second kappa shape index (κ2) is 13.5. The van der Waals surface area contributed by atoms with Crippen LogP contribution in [0.3, 0.4) is 0 Å². The summed E-state index contributed by atoms with van der Waals surface area (Å²) in [5.41, 5.74) is 1.92. The molecule has 0 bridgehead atoms. The first-order valence-corrected chi connectivity index (χ1v) is 11.6. The normalized spacial score (nSPS) is 12.6. The fourth-order valence-corrected chi connectivity index (χ4v) is 4.24. The monoisotopic (exact) mass is 545 g/mol. The third kappa shape index (κ3) is 9.80. The molecule has 2 rings (SSSR count). The van der Waals surface area contributed by atoms with Gasteiger partial charge in [0.05, 0.1) is 18.1 Å². The minimum atomic E-state index is -3.12. The van der Waals surface area contributed by atoms with Crippen LogP contribution in [0.4, 0.5) is 0 Å². The fraction of sp³-hybridized carbons (Fsp3) is 0.409. The quantitative estimate of drug-likeness (QED) is 0.207. The third-order valence-electron chi connectivity index (χ3n) is 4.36. The van der Waals surface area contributed by atoms with Crippen LogP contribution < -0.4 is 15.4 Å². The maximum atomic E-state index is 12.2. The second-order valence-electron chi connectivity index (χ2n) is 7.01. The Morgan fingerprint density at radius 3 is 2.40 bits per heavy atom. The summed E-state index contributed by atoms with van der Waals surface area (Å²) in [6.07, 6.45) is 0.478. The maximum absolute atomic E-state index is 12.2. The van der Waals surface area contributed by atoms with Crippen LogP contribution in [0.2, 0.25) is 0 Å². The summed E-state index contributed by atoms with van der Waals surface area (Å²) in [5, 5.41) is 6.37. The van der Waals surface area contributed by atoms with E-state index >= 15 is 0 Å². The van der Waals surface area contributed by atoms with Crippen molar-refractivity contribution in [1.82, 2.24) is 10.6 Å². The van der Waals surface area contributed by atoms with E-state index in [1.165, 1.54) is 0 Å². The van der Waals surface area contributed by atoms with Gasteiger partial charge >= 0.3 is 0 Å². The summed E-state index contributed by atoms with van der Waals surface area (Å²) < 4.78 is 30.4. The number of sulfone groups is 1. The zero-order valence-corrected chi connectivity index (χ0v) is 20.9. The summed E-state index contributed by atoms with van der Waals surface area (Å²) in [4.78, 5) is 4.18. The number of nitrogens with zero attached hydrogens (tertiary/aromatic N) is 1. The fourth-order valence-electron chi connectivity index (χ4n) is 2.81. The Morgan fingerprint density at radius 1 is 1.07 bits per heavy atom. The summed E-state index contributed by atoms with van der Waals surface area (Å²) in [6, 6.07) is 17.2. The molecule has 1 unspecified atom stereocenters. The van der Waals surface area contributed by atoms with Crippen molar-refractivity contribution in [2.45, 2.75) is 32.1 Å². The molecule has 0 heterocycles. The van der Waals surface area contributed by atoms with Crippen molar-refractivity contribution in [3.63, 3.8) is 0 Å². The first kappa shape index (κ1) is 26.2. The Kier molecular flexibility index (Phi) is 11.8. The van der Waals surface area contributed by atoms with E-state index in [0.717, 1.165) is 16.9 Å². The topological polar surface area (TPSA) is 79.8 Å². The molecule has 8 heteroatoms. The first-order valence-electron chi connectivity index (χ1n) is 9.81. The zero-order valence-electron chi connectivity index (χ0n) is 17.8. The number of aryl methyl sites for hydroxylation is 1. The molecule has 6 nitrogen and oxygen atoms in total. The van der Waals surface area contributed by atoms with Crippen molar-refractivity contribution < 1.29 is 13.2 Å². The average Bonchev–Trinajstić information content (AvgIpc) is 2.69. The standard InChI is InChI=1S/C22H31N3O3S.HI/c1-18-10-7-8-13-21(18)28-19(2)16-25-22(23-3)24-14-9-15-29(26,27)17-20-11-5-4-6-12-20;/h4-8,10-13,19H,9,14-17H2,1-3H3,(H2,23,24,25);1H. The maximum Gasteiger partial charge on any atom is 0.191 e. The van der Waals surface area contributed by atoms with Gasteiger partial charge < -0.3 is 15.4 Å². The Morgan fingerprint density at radius 2 is 1.73 bits per heavy atom. The van der Waals surface area contributed by atoms with Gasteiger partial charge in [0.1, 0.15) is 11.9 Å². The molecular formula is C22H32IN3O3S. The van der Waals surface area contributed by atoms with Gasteiger partial charge in [-0.15, -0.1) is 24.0 Å². The summed E-state index contributed by atoms with van der Waals surface area (Å²) in [5.74, 6) is 1.71. The highest BCUT2D eigenvalue weighted by atomic mass is 127. The lowest BCUT2D eigenvalue weighted by Crippen LogP contribution is -2.42. The smallest absolute Gasteiger partial charge is 0.191 e. The molecule has 0 aromatic heterocycles. The van der Waals surface area contributed by atoms with Crippen LogP contribution in [0, 0.1) is 6.92 Å². The number of nitrogens with one attached hydrogen (secondary N) is 2. The Bertz CT molecular complexity index is 890. The third-order valence-corrected chi connectivity index (χ3v) is 6.04. The molecular weight excluding hydrogens is 513 g/mol. The number of rotatable bonds is 10. The van der Waals surface area contributed by atoms with Crippen molar-refractivity contribution in [3.05, 3.63) is 65.7 Å². The highest BCUT2D eigenvalue weighted by Gasteiger charge is 2.12. The van der Waals surface area contributed by atoms with Gasteiger partial charge in [-0.25, -0.2) is 8.42 Å². The van der Waals surface area contributed by atoms with E-state index in [1.807, 2.05) is 68.4 Å². The van der Waals surface area contributed by atoms with Crippen LogP contribution in [-0.2, 0) is 15.6 Å². The lowest BCUT2D eigenvalue weighted by molar-refractivity contribution is 0.222. The molecule has 0 radical (unpaired) electrons. The largest absolute Gasteiger partial charge is 0.489 e. The minimum absolute atomic E-state index is 0. The number of guanidine groups is 1. The minimum Gasteiger partial charge on any atom is -0.489 e. The molecule has 30 heavy (non-hydrogen) atoms. The average molecular weight is 545 g/mol. The number of para-hydroxylation sites is 1. The molecule has 2 N–H and O–H groups in total. The number of hydrogen-bond acceptors (Lipinski definition) is 4. The van der Waals surface area contributed by atoms with E-state index in [-0.39, 0.29) is 41.6 Å². The first-order chi connectivity index (χ1) is 13.9. The van der Waals surface area contributed by atoms with Crippen LogP contribution in [0.25, 0.3) is 0 Å². The summed E-state index contributed by atoms with van der Waals surface area (Å²) in [6.45, 7) is 5.12. The molecule has 0 aliphatic heterocycles. The van der Waals surface area contributed by atoms with Gasteiger partial charge in [0.2, 0.25) is 0 Å². The van der Waals surface area contributed by atoms with E-state index in [2.05, 4.69) is 15.6 Å². The van der Waals surface area contributed by atoms with Crippen LogP contribution in [0.5, 0.6) is 5.75 Å². The molecule has 0 amide bonds. The second-order valence-corrected chi connectivity index (χ2v) is 9.19. The van der Waals surface area contributed by atoms with Gasteiger partial charge in [0, 0.05) is 13.6 Å². The number of halogens is 1. The van der Waals surface area contributed by atoms with E-state index in [4.69, 9.17) is 4.74 Å². The van der Waals surface area contributed by atoms with Gasteiger partial charge in [0.15, 0.2) is 15.8 Å². The Labute approximate surface area is 197 Å². The van der Waals surface area contributed by atoms with Gasteiger partial charge in [-0.3, -0.25) is 4.99 Å². The SMILES string of the molecule is CN=C(NCCCS(=O)(=O)Cc1ccccc1)NCC(C)Oc1ccccc1C.I. The molecule has 166 valence electrons. The van der Waals surface area contributed by atoms with Gasteiger partial charge in [-0.1, -0.05) is 48.5 Å². The highest BCUT2D eigenvalue weighted by Crippen LogP contribution is 2.17. The van der Waals surface area contributed by atoms with Crippen LogP contribution in [-0.4, -0.2) is 46.4 Å². The Hall–Kier alpha value is -1.81. The van der Waals surface area contributed by atoms with E-state index < -0.39 is 9.84 Å². The lowest BCUT2D eigenvalue weighted by Gasteiger charge is -2.18. The van der Waals surface area contributed by atoms with Crippen LogP contribution in [0.15, 0.2) is 59.6 Å². The van der Waals surface area contributed by atoms with E-state index in [9.17, 15) is 8.42 Å². The van der Waals surface area contributed by atoms with Crippen molar-refractivity contribution in [1.29, 1.82) is 0 Å². The highest BCUT2D eigenvalue weighted by molar-refractivity contribution is 14.0. The lowest BCUT2D eigenvalue weighted by atomic mass is 10.2. The van der Waals surface area contributed by atoms with Gasteiger partial charge in [0.25, 0.3) is 0 Å². The Balaban J connectivity index is 0.00000450. The predicted molar refractivity (Wildman–Crippen MR) is 135 cm³/mol. The van der Waals surface area contributed by atoms with Crippen molar-refractivity contribution >= 4 is 39.8 Å². The van der Waals surface area contributed by atoms with Crippen molar-refractivity contribution in [2.24, 2.45) is 4.99 Å². The number of benzene rings is 2. The zero-order chi connectivity index (χ0) is 21.1. The van der Waals surface area contributed by atoms with E-state index in [1.54, 1.807) is 7.05 Å². The van der Waals surface area contributed by atoms with Crippen molar-refractivity contribution in [2.75, 3.05) is 25.9 Å². The summed E-state index contributed by atoms with van der Waals surface area (Å²) >= 11 is 0. The van der Waals surface area contributed by atoms with Crippen molar-refractivity contribution in [3.8, 4) is 5.75 Å².